The van der Waals surface area contributed by atoms with E-state index in [0.29, 0.717) is 5.69 Å². The van der Waals surface area contributed by atoms with E-state index in [-0.39, 0.29) is 18.2 Å². The van der Waals surface area contributed by atoms with E-state index in [4.69, 9.17) is 5.11 Å². The Morgan fingerprint density at radius 3 is 2.24 bits per heavy atom. The summed E-state index contributed by atoms with van der Waals surface area (Å²) in [5.41, 5.74) is 0.666. The van der Waals surface area contributed by atoms with Crippen molar-refractivity contribution in [3.8, 4) is 0 Å². The van der Waals surface area contributed by atoms with Crippen molar-refractivity contribution in [2.24, 2.45) is 0 Å². The first kappa shape index (κ1) is 16.9. The van der Waals surface area contributed by atoms with Crippen molar-refractivity contribution in [1.29, 1.82) is 0 Å². The number of sulfonamides is 1. The van der Waals surface area contributed by atoms with Gasteiger partial charge in [0.2, 0.25) is 15.9 Å². The van der Waals surface area contributed by atoms with E-state index >= 15 is 0 Å². The fraction of sp³-hybridized carbons (Fsp3) is 0.333. The summed E-state index contributed by atoms with van der Waals surface area (Å²) >= 11 is 0. The number of amides is 1. The molecule has 0 saturated heterocycles. The van der Waals surface area contributed by atoms with E-state index in [2.05, 4.69) is 14.8 Å². The van der Waals surface area contributed by atoms with Crippen LogP contribution < -0.4 is 10.0 Å². The molecule has 1 atom stereocenters. The first-order chi connectivity index (χ1) is 9.76. The molecule has 0 spiro atoms. The Morgan fingerprint density at radius 1 is 1.24 bits per heavy atom. The molecule has 0 aromatic heterocycles. The first-order valence-electron chi connectivity index (χ1n) is 5.89. The molecule has 21 heavy (non-hydrogen) atoms. The third-order valence-electron chi connectivity index (χ3n) is 2.52. The number of nitrogens with one attached hydrogen (secondary N) is 2. The van der Waals surface area contributed by atoms with Crippen LogP contribution in [-0.2, 0) is 24.3 Å². The molecule has 0 aliphatic carbocycles. The third kappa shape index (κ3) is 5.04. The monoisotopic (exact) mass is 316 g/mol. The molecule has 3 N–H and O–H groups in total. The van der Waals surface area contributed by atoms with Gasteiger partial charge in [0.25, 0.3) is 0 Å². The number of benzene rings is 1. The van der Waals surface area contributed by atoms with Crippen molar-refractivity contribution in [2.45, 2.75) is 12.2 Å². The highest BCUT2D eigenvalue weighted by molar-refractivity contribution is 7.94. The van der Waals surface area contributed by atoms with Gasteiger partial charge in [0.1, 0.15) is 6.61 Å². The molecule has 8 nitrogen and oxygen atoms in total. The van der Waals surface area contributed by atoms with Gasteiger partial charge in [-0.1, -0.05) is 0 Å². The standard InChI is InChI=1S/C12H16N2O6S/c1-8(12(16)17)21(18,19)14-10-5-3-9(4-6-10)13-11(15)7-20-2/h3-6,8,14H,7H2,1-2H3,(H,13,15)(H,16,17). The van der Waals surface area contributed by atoms with Crippen LogP contribution in [0.2, 0.25) is 0 Å². The second-order valence-electron chi connectivity index (χ2n) is 4.19. The van der Waals surface area contributed by atoms with Crippen molar-refractivity contribution in [3.63, 3.8) is 0 Å². The maximum absolute atomic E-state index is 11.7. The number of anilines is 2. The smallest absolute Gasteiger partial charge is 0.323 e. The van der Waals surface area contributed by atoms with Crippen LogP contribution in [0.5, 0.6) is 0 Å². The fourth-order valence-electron chi connectivity index (χ4n) is 1.34. The van der Waals surface area contributed by atoms with E-state index in [1.807, 2.05) is 0 Å². The van der Waals surface area contributed by atoms with Gasteiger partial charge in [0.15, 0.2) is 5.25 Å². The maximum atomic E-state index is 11.7. The molecule has 116 valence electrons. The molecule has 1 aromatic carbocycles. The van der Waals surface area contributed by atoms with Crippen molar-refractivity contribution >= 4 is 33.3 Å². The number of ether oxygens (including phenoxy) is 1. The minimum Gasteiger partial charge on any atom is -0.480 e. The lowest BCUT2D eigenvalue weighted by atomic mass is 10.3. The van der Waals surface area contributed by atoms with Gasteiger partial charge in [-0.25, -0.2) is 8.42 Å². The van der Waals surface area contributed by atoms with Crippen LogP contribution in [0, 0.1) is 0 Å². The highest BCUT2D eigenvalue weighted by Gasteiger charge is 2.27. The molecule has 1 amide bonds. The highest BCUT2D eigenvalue weighted by Crippen LogP contribution is 2.16. The van der Waals surface area contributed by atoms with Gasteiger partial charge in [-0.3, -0.25) is 14.3 Å². The molecule has 0 heterocycles. The van der Waals surface area contributed by atoms with Crippen LogP contribution in [0.15, 0.2) is 24.3 Å². The summed E-state index contributed by atoms with van der Waals surface area (Å²) in [4.78, 5) is 22.0. The van der Waals surface area contributed by atoms with Crippen molar-refractivity contribution in [3.05, 3.63) is 24.3 Å². The summed E-state index contributed by atoms with van der Waals surface area (Å²) < 4.78 is 30.2. The Kier molecular flexibility index (Phi) is 5.68. The largest absolute Gasteiger partial charge is 0.480 e. The number of methoxy groups -OCH3 is 1. The quantitative estimate of drug-likeness (QED) is 0.673. The Morgan fingerprint density at radius 2 is 1.76 bits per heavy atom. The molecule has 0 bridgehead atoms. The van der Waals surface area contributed by atoms with Crippen LogP contribution in [0.3, 0.4) is 0 Å². The predicted octanol–water partition coefficient (Wildman–Crippen LogP) is 0.486. The second-order valence-corrected chi connectivity index (χ2v) is 6.19. The molecule has 1 aromatic rings. The lowest BCUT2D eigenvalue weighted by molar-refractivity contribution is -0.136. The Balaban J connectivity index is 2.75. The zero-order valence-electron chi connectivity index (χ0n) is 11.5. The zero-order chi connectivity index (χ0) is 16.0. The lowest BCUT2D eigenvalue weighted by Crippen LogP contribution is -2.32. The average Bonchev–Trinajstić information content (AvgIpc) is 2.40. The summed E-state index contributed by atoms with van der Waals surface area (Å²) in [5, 5.41) is 9.68. The number of carbonyl (C=O) groups excluding carboxylic acids is 1. The molecule has 0 saturated carbocycles. The van der Waals surface area contributed by atoms with Gasteiger partial charge in [-0.05, 0) is 31.2 Å². The highest BCUT2D eigenvalue weighted by atomic mass is 32.2. The molecular weight excluding hydrogens is 300 g/mol. The van der Waals surface area contributed by atoms with E-state index in [1.165, 1.54) is 31.4 Å². The molecule has 9 heteroatoms. The number of rotatable bonds is 7. The van der Waals surface area contributed by atoms with Crippen LogP contribution in [-0.4, -0.2) is 44.4 Å². The number of hydrogen-bond donors (Lipinski definition) is 3. The molecule has 0 aliphatic heterocycles. The van der Waals surface area contributed by atoms with Gasteiger partial charge in [-0.15, -0.1) is 0 Å². The summed E-state index contributed by atoms with van der Waals surface area (Å²) in [6.07, 6.45) is 0. The van der Waals surface area contributed by atoms with Crippen LogP contribution in [0.4, 0.5) is 11.4 Å². The maximum Gasteiger partial charge on any atom is 0.323 e. The fourth-order valence-corrected chi connectivity index (χ4v) is 2.24. The van der Waals surface area contributed by atoms with E-state index in [0.717, 1.165) is 6.92 Å². The van der Waals surface area contributed by atoms with Gasteiger partial charge >= 0.3 is 5.97 Å². The van der Waals surface area contributed by atoms with Gasteiger partial charge < -0.3 is 15.2 Å². The first-order valence-corrected chi connectivity index (χ1v) is 7.44. The van der Waals surface area contributed by atoms with Gasteiger partial charge in [0, 0.05) is 18.5 Å². The van der Waals surface area contributed by atoms with E-state index in [9.17, 15) is 18.0 Å². The van der Waals surface area contributed by atoms with Crippen molar-refractivity contribution in [2.75, 3.05) is 23.8 Å². The minimum absolute atomic E-state index is 0.0928. The molecular formula is C12H16N2O6S. The third-order valence-corrected chi connectivity index (χ3v) is 4.17. The molecule has 0 aliphatic rings. The Labute approximate surface area is 122 Å². The van der Waals surface area contributed by atoms with Crippen molar-refractivity contribution in [1.82, 2.24) is 0 Å². The summed E-state index contributed by atoms with van der Waals surface area (Å²) in [6, 6.07) is 5.79. The number of aliphatic carboxylic acids is 1. The number of carbonyl (C=O) groups is 2. The lowest BCUT2D eigenvalue weighted by Gasteiger charge is -2.12. The predicted molar refractivity (Wildman–Crippen MR) is 76.6 cm³/mol. The normalized spacial score (nSPS) is 12.5. The zero-order valence-corrected chi connectivity index (χ0v) is 12.3. The topological polar surface area (TPSA) is 122 Å². The Bertz CT molecular complexity index is 611. The van der Waals surface area contributed by atoms with E-state index in [1.54, 1.807) is 0 Å². The van der Waals surface area contributed by atoms with E-state index < -0.39 is 21.2 Å². The van der Waals surface area contributed by atoms with Gasteiger partial charge in [-0.2, -0.15) is 0 Å². The molecule has 0 fully saturated rings. The molecule has 1 rings (SSSR count). The van der Waals surface area contributed by atoms with Crippen molar-refractivity contribution < 1.29 is 27.9 Å². The SMILES string of the molecule is COCC(=O)Nc1ccc(NS(=O)(=O)C(C)C(=O)O)cc1. The van der Waals surface area contributed by atoms with Crippen LogP contribution in [0.25, 0.3) is 0 Å². The van der Waals surface area contributed by atoms with Gasteiger partial charge in [0.05, 0.1) is 0 Å². The second kappa shape index (κ2) is 7.04. The summed E-state index contributed by atoms with van der Waals surface area (Å²) in [6.45, 7) is 0.981. The Hall–Kier alpha value is -2.13. The number of carboxylic acids is 1. The number of carboxylic acid groups (broad SMARTS) is 1. The molecule has 0 radical (unpaired) electrons. The average molecular weight is 316 g/mol. The molecule has 1 unspecified atom stereocenters. The van der Waals surface area contributed by atoms with Crippen LogP contribution in [0.1, 0.15) is 6.92 Å². The summed E-state index contributed by atoms with van der Waals surface area (Å²) in [7, 11) is -2.62. The summed E-state index contributed by atoms with van der Waals surface area (Å²) in [5.74, 6) is -1.78. The van der Waals surface area contributed by atoms with Crippen LogP contribution >= 0.6 is 0 Å². The minimum atomic E-state index is -4.01. The number of hydrogen-bond acceptors (Lipinski definition) is 5.